The molecule has 0 aliphatic carbocycles. The molecule has 2 rings (SSSR count). The van der Waals surface area contributed by atoms with E-state index >= 15 is 0 Å². The minimum absolute atomic E-state index is 0.648. The zero-order valence-electron chi connectivity index (χ0n) is 9.35. The third-order valence-corrected chi connectivity index (χ3v) is 4.27. The number of nitrogens with two attached hydrogens (primary N) is 1. The van der Waals surface area contributed by atoms with Gasteiger partial charge >= 0.3 is 0 Å². The smallest absolute Gasteiger partial charge is 0.0536 e. The summed E-state index contributed by atoms with van der Waals surface area (Å²) in [5, 5.41) is 2.01. The van der Waals surface area contributed by atoms with Crippen molar-refractivity contribution in [3.8, 4) is 0 Å². The van der Waals surface area contributed by atoms with Gasteiger partial charge < -0.3 is 10.3 Å². The van der Waals surface area contributed by atoms with Crippen LogP contribution in [0.4, 0.5) is 0 Å². The molecule has 2 nitrogen and oxygen atoms in total. The van der Waals surface area contributed by atoms with E-state index in [9.17, 15) is 0 Å². The Morgan fingerprint density at radius 1 is 1.44 bits per heavy atom. The van der Waals surface area contributed by atoms with Crippen LogP contribution in [0.3, 0.4) is 0 Å². The highest BCUT2D eigenvalue weighted by molar-refractivity contribution is 9.10. The number of aromatic nitrogens is 1. The van der Waals surface area contributed by atoms with E-state index in [4.69, 9.17) is 17.3 Å². The van der Waals surface area contributed by atoms with Crippen LogP contribution in [0, 0.1) is 6.92 Å². The highest BCUT2D eigenvalue weighted by Gasteiger charge is 2.15. The lowest BCUT2D eigenvalue weighted by Gasteiger charge is -2.05. The summed E-state index contributed by atoms with van der Waals surface area (Å²) < 4.78 is 3.31. The first-order valence-electron chi connectivity index (χ1n) is 5.19. The molecule has 0 atom stereocenters. The van der Waals surface area contributed by atoms with E-state index < -0.39 is 0 Å². The summed E-state index contributed by atoms with van der Waals surface area (Å²) in [5.74, 6) is 0. The van der Waals surface area contributed by atoms with Crippen molar-refractivity contribution in [3.05, 3.63) is 32.9 Å². The number of aryl methyl sites for hydroxylation is 2. The number of halogens is 2. The largest absolute Gasteiger partial charge is 0.346 e. The minimum atomic E-state index is 0.648. The third-order valence-electron chi connectivity index (χ3n) is 2.98. The normalized spacial score (nSPS) is 11.3. The maximum atomic E-state index is 6.14. The monoisotopic (exact) mass is 300 g/mol. The van der Waals surface area contributed by atoms with E-state index in [-0.39, 0.29) is 0 Å². The average molecular weight is 302 g/mol. The Balaban J connectivity index is 2.83. The van der Waals surface area contributed by atoms with E-state index in [1.807, 2.05) is 13.0 Å². The fourth-order valence-electron chi connectivity index (χ4n) is 2.14. The van der Waals surface area contributed by atoms with Crippen LogP contribution in [-0.4, -0.2) is 11.1 Å². The van der Waals surface area contributed by atoms with E-state index in [2.05, 4.69) is 33.6 Å². The molecule has 0 aliphatic rings. The Kier molecular flexibility index (Phi) is 3.29. The average Bonchev–Trinajstić information content (AvgIpc) is 2.49. The van der Waals surface area contributed by atoms with E-state index in [0.717, 1.165) is 21.5 Å². The Labute approximate surface area is 109 Å². The van der Waals surface area contributed by atoms with Gasteiger partial charge in [-0.3, -0.25) is 0 Å². The molecule has 2 aromatic rings. The molecule has 86 valence electrons. The molecule has 0 fully saturated rings. The van der Waals surface area contributed by atoms with Gasteiger partial charge in [0.1, 0.15) is 0 Å². The van der Waals surface area contributed by atoms with Crippen molar-refractivity contribution < 1.29 is 0 Å². The molecule has 0 radical (unpaired) electrons. The van der Waals surface area contributed by atoms with E-state index in [1.165, 1.54) is 16.6 Å². The number of fused-ring (bicyclic) bond motifs is 1. The van der Waals surface area contributed by atoms with Gasteiger partial charge in [0.05, 0.1) is 5.52 Å². The zero-order chi connectivity index (χ0) is 11.9. The molecule has 0 amide bonds. The molecule has 4 heteroatoms. The van der Waals surface area contributed by atoms with Crippen LogP contribution < -0.4 is 5.73 Å². The number of hydrogen-bond donors (Lipinski definition) is 1. The Bertz CT molecular complexity index is 546. The second-order valence-electron chi connectivity index (χ2n) is 3.93. The zero-order valence-corrected chi connectivity index (χ0v) is 11.7. The maximum absolute atomic E-state index is 6.14. The lowest BCUT2D eigenvalue weighted by molar-refractivity contribution is 0.821. The predicted octanol–water partition coefficient (Wildman–Crippen LogP) is 3.40. The summed E-state index contributed by atoms with van der Waals surface area (Å²) in [5.41, 5.74) is 9.15. The first-order valence-corrected chi connectivity index (χ1v) is 6.37. The first kappa shape index (κ1) is 12.0. The minimum Gasteiger partial charge on any atom is -0.346 e. The first-order chi connectivity index (χ1) is 7.57. The van der Waals surface area contributed by atoms with Crippen molar-refractivity contribution >= 4 is 38.4 Å². The fourth-order valence-corrected chi connectivity index (χ4v) is 3.07. The number of benzene rings is 1. The summed E-state index contributed by atoms with van der Waals surface area (Å²) in [7, 11) is 2.06. The topological polar surface area (TPSA) is 30.9 Å². The van der Waals surface area contributed by atoms with Crippen molar-refractivity contribution in [1.29, 1.82) is 0 Å². The Hall–Kier alpha value is -0.510. The Morgan fingerprint density at radius 2 is 2.12 bits per heavy atom. The van der Waals surface area contributed by atoms with Gasteiger partial charge in [0.2, 0.25) is 0 Å². The molecular weight excluding hydrogens is 288 g/mol. The molecule has 0 saturated carbocycles. The summed E-state index contributed by atoms with van der Waals surface area (Å²) >= 11 is 9.79. The number of nitrogens with zero attached hydrogens (tertiary/aromatic N) is 1. The van der Waals surface area contributed by atoms with Crippen LogP contribution in [0.25, 0.3) is 10.9 Å². The summed E-state index contributed by atoms with van der Waals surface area (Å²) in [4.78, 5) is 0. The highest BCUT2D eigenvalue weighted by atomic mass is 79.9. The lowest BCUT2D eigenvalue weighted by atomic mass is 10.1. The number of hydrogen-bond acceptors (Lipinski definition) is 1. The van der Waals surface area contributed by atoms with Gasteiger partial charge in [-0.1, -0.05) is 17.7 Å². The van der Waals surface area contributed by atoms with Crippen molar-refractivity contribution in [3.63, 3.8) is 0 Å². The van der Waals surface area contributed by atoms with Crippen LogP contribution in [0.15, 0.2) is 16.6 Å². The third kappa shape index (κ3) is 1.67. The molecule has 0 saturated heterocycles. The van der Waals surface area contributed by atoms with Crippen LogP contribution in [-0.2, 0) is 13.5 Å². The molecule has 0 unspecified atom stereocenters. The molecule has 1 heterocycles. The molecular formula is C12H14BrClN2. The number of rotatable bonds is 2. The van der Waals surface area contributed by atoms with Crippen LogP contribution in [0.2, 0.25) is 5.02 Å². The van der Waals surface area contributed by atoms with Gasteiger partial charge in [-0.25, -0.2) is 0 Å². The summed E-state index contributed by atoms with van der Waals surface area (Å²) in [6, 6.07) is 3.99. The summed E-state index contributed by atoms with van der Waals surface area (Å²) in [6.07, 6.45) is 0.864. The van der Waals surface area contributed by atoms with E-state index in [1.54, 1.807) is 0 Å². The second-order valence-corrected chi connectivity index (χ2v) is 5.13. The Morgan fingerprint density at radius 3 is 2.75 bits per heavy atom. The SMILES string of the molecule is Cc1c(Cl)ccc2c(Br)c(CCN)n(C)c12. The highest BCUT2D eigenvalue weighted by Crippen LogP contribution is 2.34. The van der Waals surface area contributed by atoms with Gasteiger partial charge in [-0.2, -0.15) is 0 Å². The van der Waals surface area contributed by atoms with Gasteiger partial charge in [0.25, 0.3) is 0 Å². The van der Waals surface area contributed by atoms with Crippen LogP contribution in [0.1, 0.15) is 11.3 Å². The molecule has 0 spiro atoms. The van der Waals surface area contributed by atoms with Gasteiger partial charge in [-0.05, 0) is 41.0 Å². The van der Waals surface area contributed by atoms with E-state index in [0.29, 0.717) is 6.54 Å². The molecule has 1 aromatic carbocycles. The van der Waals surface area contributed by atoms with Crippen molar-refractivity contribution in [2.75, 3.05) is 6.54 Å². The molecule has 1 aromatic heterocycles. The second kappa shape index (κ2) is 4.40. The van der Waals surface area contributed by atoms with Crippen molar-refractivity contribution in [2.24, 2.45) is 12.8 Å². The molecule has 0 aliphatic heterocycles. The molecule has 0 bridgehead atoms. The molecule has 2 N–H and O–H groups in total. The van der Waals surface area contributed by atoms with Crippen LogP contribution in [0.5, 0.6) is 0 Å². The van der Waals surface area contributed by atoms with Gasteiger partial charge in [-0.15, -0.1) is 0 Å². The summed E-state index contributed by atoms with van der Waals surface area (Å²) in [6.45, 7) is 2.69. The van der Waals surface area contributed by atoms with Gasteiger partial charge in [0, 0.05) is 34.0 Å². The van der Waals surface area contributed by atoms with Gasteiger partial charge in [0.15, 0.2) is 0 Å². The molecule has 16 heavy (non-hydrogen) atoms. The fraction of sp³-hybridized carbons (Fsp3) is 0.333. The quantitative estimate of drug-likeness (QED) is 0.905. The van der Waals surface area contributed by atoms with Crippen LogP contribution >= 0.6 is 27.5 Å². The van der Waals surface area contributed by atoms with Crippen molar-refractivity contribution in [2.45, 2.75) is 13.3 Å². The lowest BCUT2D eigenvalue weighted by Crippen LogP contribution is -2.07. The maximum Gasteiger partial charge on any atom is 0.0536 e. The standard InChI is InChI=1S/C12H14BrClN2/c1-7-9(14)4-3-8-11(13)10(5-6-15)16(2)12(7)8/h3-4H,5-6,15H2,1-2H3. The van der Waals surface area contributed by atoms with Crippen molar-refractivity contribution in [1.82, 2.24) is 4.57 Å². The predicted molar refractivity (Wildman–Crippen MR) is 73.1 cm³/mol.